The van der Waals surface area contributed by atoms with Gasteiger partial charge in [-0.25, -0.2) is 4.68 Å². The third kappa shape index (κ3) is 2.03. The first kappa shape index (κ1) is 9.65. The Hall–Kier alpha value is -2.56. The molecule has 0 saturated carbocycles. The number of hydrogen-bond donors (Lipinski definition) is 0. The molecule has 2 aromatic heterocycles. The smallest absolute Gasteiger partial charge is 0.141 e. The fourth-order valence-corrected chi connectivity index (χ4v) is 1.56. The molecule has 0 spiro atoms. The molecule has 3 rings (SSSR count). The zero-order valence-corrected chi connectivity index (χ0v) is 8.93. The summed E-state index contributed by atoms with van der Waals surface area (Å²) in [7, 11) is 0. The van der Waals surface area contributed by atoms with Crippen molar-refractivity contribution in [1.82, 2.24) is 19.9 Å². The molecule has 3 aromatic rings. The Kier molecular flexibility index (Phi) is 2.34. The molecule has 5 nitrogen and oxygen atoms in total. The van der Waals surface area contributed by atoms with Crippen LogP contribution >= 0.6 is 0 Å². The number of fused-ring (bicyclic) bond motifs is 1. The fraction of sp³-hybridized carbons (Fsp3) is 0. The summed E-state index contributed by atoms with van der Waals surface area (Å²) in [6.45, 7) is 0. The number of aromatic nitrogens is 4. The van der Waals surface area contributed by atoms with E-state index in [1.165, 1.54) is 0 Å². The molecule has 5 heteroatoms. The van der Waals surface area contributed by atoms with E-state index in [1.807, 2.05) is 30.3 Å². The molecule has 17 heavy (non-hydrogen) atoms. The lowest BCUT2D eigenvalue weighted by atomic mass is 10.1. The van der Waals surface area contributed by atoms with Crippen LogP contribution in [0.5, 0.6) is 0 Å². The molecule has 0 aliphatic rings. The topological polar surface area (TPSA) is 56.0 Å². The minimum atomic E-state index is 0.981. The lowest BCUT2D eigenvalue weighted by Crippen LogP contribution is -1.88. The number of rotatable bonds is 2. The third-order valence-corrected chi connectivity index (χ3v) is 2.37. The average Bonchev–Trinajstić information content (AvgIpc) is 2.89. The lowest BCUT2D eigenvalue weighted by Gasteiger charge is -1.97. The predicted octanol–water partition coefficient (Wildman–Crippen LogP) is 1.71. The number of nitrogens with zero attached hydrogens (tertiary/aromatic N) is 5. The van der Waals surface area contributed by atoms with Crippen molar-refractivity contribution in [2.75, 3.05) is 0 Å². The number of hydrogen-bond acceptors (Lipinski definition) is 4. The summed E-state index contributed by atoms with van der Waals surface area (Å²) >= 11 is 0. The SMILES string of the molecule is C(=Nn1cnnc1)c1ccc2ncccc2c1. The van der Waals surface area contributed by atoms with E-state index >= 15 is 0 Å². The third-order valence-electron chi connectivity index (χ3n) is 2.37. The second-order valence-corrected chi connectivity index (χ2v) is 3.54. The molecule has 0 radical (unpaired) electrons. The van der Waals surface area contributed by atoms with Crippen LogP contribution in [0.1, 0.15) is 5.56 Å². The van der Waals surface area contributed by atoms with Gasteiger partial charge in [0.15, 0.2) is 0 Å². The highest BCUT2D eigenvalue weighted by Crippen LogP contribution is 2.11. The zero-order chi connectivity index (χ0) is 11.5. The molecular formula is C12H9N5. The van der Waals surface area contributed by atoms with Crippen LogP contribution < -0.4 is 0 Å². The molecule has 0 fully saturated rings. The predicted molar refractivity (Wildman–Crippen MR) is 64.8 cm³/mol. The van der Waals surface area contributed by atoms with E-state index in [1.54, 1.807) is 29.7 Å². The monoisotopic (exact) mass is 223 g/mol. The number of benzene rings is 1. The minimum absolute atomic E-state index is 0.981. The second-order valence-electron chi connectivity index (χ2n) is 3.54. The first-order valence-electron chi connectivity index (χ1n) is 5.15. The molecule has 0 atom stereocenters. The van der Waals surface area contributed by atoms with E-state index in [9.17, 15) is 0 Å². The maximum atomic E-state index is 4.26. The van der Waals surface area contributed by atoms with Gasteiger partial charge in [0, 0.05) is 11.6 Å². The summed E-state index contributed by atoms with van der Waals surface area (Å²) in [5.41, 5.74) is 1.99. The normalized spacial score (nSPS) is 11.3. The zero-order valence-electron chi connectivity index (χ0n) is 8.93. The van der Waals surface area contributed by atoms with Crippen LogP contribution in [-0.4, -0.2) is 26.1 Å². The van der Waals surface area contributed by atoms with Gasteiger partial charge in [0.25, 0.3) is 0 Å². The van der Waals surface area contributed by atoms with Crippen LogP contribution in [0.25, 0.3) is 10.9 Å². The second kappa shape index (κ2) is 4.13. The standard InChI is InChI=1S/C12H9N5/c1-2-11-6-10(3-4-12(11)13-5-1)7-16-17-8-14-15-9-17/h1-9H. The van der Waals surface area contributed by atoms with Gasteiger partial charge >= 0.3 is 0 Å². The highest BCUT2D eigenvalue weighted by molar-refractivity contribution is 5.88. The molecule has 0 aliphatic heterocycles. The average molecular weight is 223 g/mol. The van der Waals surface area contributed by atoms with Gasteiger partial charge in [-0.2, -0.15) is 5.10 Å². The van der Waals surface area contributed by atoms with Gasteiger partial charge in [-0.05, 0) is 23.8 Å². The van der Waals surface area contributed by atoms with E-state index in [-0.39, 0.29) is 0 Å². The van der Waals surface area contributed by atoms with Gasteiger partial charge in [-0.15, -0.1) is 10.2 Å². The first-order valence-corrected chi connectivity index (χ1v) is 5.15. The van der Waals surface area contributed by atoms with Crippen molar-refractivity contribution in [3.05, 3.63) is 54.7 Å². The van der Waals surface area contributed by atoms with Gasteiger partial charge in [0.1, 0.15) is 12.7 Å². The molecule has 0 N–H and O–H groups in total. The minimum Gasteiger partial charge on any atom is -0.256 e. The van der Waals surface area contributed by atoms with Crippen LogP contribution in [-0.2, 0) is 0 Å². The lowest BCUT2D eigenvalue weighted by molar-refractivity contribution is 0.878. The van der Waals surface area contributed by atoms with Crippen molar-refractivity contribution in [2.45, 2.75) is 0 Å². The Balaban J connectivity index is 1.96. The van der Waals surface area contributed by atoms with E-state index < -0.39 is 0 Å². The molecule has 0 amide bonds. The van der Waals surface area contributed by atoms with E-state index in [0.29, 0.717) is 0 Å². The van der Waals surface area contributed by atoms with Crippen molar-refractivity contribution < 1.29 is 0 Å². The van der Waals surface area contributed by atoms with Crippen molar-refractivity contribution in [3.63, 3.8) is 0 Å². The molecule has 82 valence electrons. The molecule has 0 aliphatic carbocycles. The summed E-state index contributed by atoms with van der Waals surface area (Å²) in [5.74, 6) is 0. The van der Waals surface area contributed by atoms with Gasteiger partial charge in [0.05, 0.1) is 11.7 Å². The Labute approximate surface area is 97.4 Å². The van der Waals surface area contributed by atoms with Gasteiger partial charge < -0.3 is 0 Å². The van der Waals surface area contributed by atoms with Crippen LogP contribution in [0.15, 0.2) is 54.3 Å². The summed E-state index contributed by atoms with van der Waals surface area (Å²) in [6, 6.07) is 9.93. The maximum Gasteiger partial charge on any atom is 0.141 e. The Morgan fingerprint density at radius 3 is 2.88 bits per heavy atom. The molecule has 0 saturated heterocycles. The summed E-state index contributed by atoms with van der Waals surface area (Å²) in [4.78, 5) is 4.26. The Bertz CT molecular complexity index is 657. The van der Waals surface area contributed by atoms with Gasteiger partial charge in [-0.3, -0.25) is 4.98 Å². The summed E-state index contributed by atoms with van der Waals surface area (Å²) in [6.07, 6.45) is 6.63. The molecule has 1 aromatic carbocycles. The highest BCUT2D eigenvalue weighted by atomic mass is 15.4. The van der Waals surface area contributed by atoms with Crippen molar-refractivity contribution in [3.8, 4) is 0 Å². The first-order chi connectivity index (χ1) is 8.42. The molecular weight excluding hydrogens is 214 g/mol. The van der Waals surface area contributed by atoms with Crippen molar-refractivity contribution in [1.29, 1.82) is 0 Å². The van der Waals surface area contributed by atoms with Crippen LogP contribution in [0.4, 0.5) is 0 Å². The van der Waals surface area contributed by atoms with Crippen LogP contribution in [0.2, 0.25) is 0 Å². The van der Waals surface area contributed by atoms with Gasteiger partial charge in [-0.1, -0.05) is 12.1 Å². The summed E-state index contributed by atoms with van der Waals surface area (Å²) < 4.78 is 1.55. The quantitative estimate of drug-likeness (QED) is 0.621. The maximum absolute atomic E-state index is 4.26. The fourth-order valence-electron chi connectivity index (χ4n) is 1.56. The van der Waals surface area contributed by atoms with Crippen molar-refractivity contribution >= 4 is 17.1 Å². The number of pyridine rings is 1. The molecule has 0 bridgehead atoms. The molecule has 2 heterocycles. The van der Waals surface area contributed by atoms with E-state index in [0.717, 1.165) is 16.5 Å². The largest absolute Gasteiger partial charge is 0.256 e. The highest BCUT2D eigenvalue weighted by Gasteiger charge is 1.94. The Morgan fingerprint density at radius 2 is 2.00 bits per heavy atom. The van der Waals surface area contributed by atoms with E-state index in [2.05, 4.69) is 20.3 Å². The van der Waals surface area contributed by atoms with E-state index in [4.69, 9.17) is 0 Å². The summed E-state index contributed by atoms with van der Waals surface area (Å²) in [5, 5.41) is 12.6. The Morgan fingerprint density at radius 1 is 1.12 bits per heavy atom. The van der Waals surface area contributed by atoms with Crippen LogP contribution in [0.3, 0.4) is 0 Å². The molecule has 0 unspecified atom stereocenters. The van der Waals surface area contributed by atoms with Crippen LogP contribution in [0, 0.1) is 0 Å². The van der Waals surface area contributed by atoms with Gasteiger partial charge in [0.2, 0.25) is 0 Å². The van der Waals surface area contributed by atoms with Crippen molar-refractivity contribution in [2.24, 2.45) is 5.10 Å².